The first-order valence-corrected chi connectivity index (χ1v) is 5.67. The van der Waals surface area contributed by atoms with Crippen molar-refractivity contribution >= 4 is 12.0 Å². The van der Waals surface area contributed by atoms with Crippen LogP contribution in [0.5, 0.6) is 0 Å². The molecule has 0 aliphatic heterocycles. The lowest BCUT2D eigenvalue weighted by Crippen LogP contribution is -2.46. The van der Waals surface area contributed by atoms with E-state index in [-0.39, 0.29) is 18.6 Å². The molecule has 0 spiro atoms. The van der Waals surface area contributed by atoms with Gasteiger partial charge in [0.2, 0.25) is 0 Å². The molecule has 0 saturated heterocycles. The molecule has 1 rings (SSSR count). The molecule has 0 radical (unpaired) electrons. The molecule has 1 aromatic rings. The first-order valence-electron chi connectivity index (χ1n) is 5.67. The van der Waals surface area contributed by atoms with E-state index < -0.39 is 5.97 Å². The minimum absolute atomic E-state index is 0.173. The Balaban J connectivity index is 2.67. The number of rotatable bonds is 5. The van der Waals surface area contributed by atoms with Gasteiger partial charge in [0, 0.05) is 13.1 Å². The van der Waals surface area contributed by atoms with E-state index in [9.17, 15) is 9.59 Å². The minimum Gasteiger partial charge on any atom is -0.480 e. The molecule has 2 amide bonds. The average Bonchev–Trinajstić information content (AvgIpc) is 2.77. The van der Waals surface area contributed by atoms with Crippen LogP contribution in [-0.4, -0.2) is 46.5 Å². The topological polar surface area (TPSA) is 74.0 Å². The van der Waals surface area contributed by atoms with Crippen molar-refractivity contribution in [3.8, 4) is 0 Å². The third kappa shape index (κ3) is 3.80. The van der Waals surface area contributed by atoms with Gasteiger partial charge in [0.05, 0.1) is 12.8 Å². The highest BCUT2D eigenvalue weighted by atomic mass is 16.4. The van der Waals surface area contributed by atoms with Gasteiger partial charge in [0.25, 0.3) is 0 Å². The predicted molar refractivity (Wildman–Crippen MR) is 65.0 cm³/mol. The molecule has 18 heavy (non-hydrogen) atoms. The van der Waals surface area contributed by atoms with Gasteiger partial charge in [-0.1, -0.05) is 0 Å². The highest BCUT2D eigenvalue weighted by Crippen LogP contribution is 2.08. The summed E-state index contributed by atoms with van der Waals surface area (Å²) in [5.41, 5.74) is 0. The Morgan fingerprint density at radius 1 is 1.44 bits per heavy atom. The molecule has 1 heterocycles. The lowest BCUT2D eigenvalue weighted by atomic mass is 10.3. The van der Waals surface area contributed by atoms with Crippen molar-refractivity contribution in [1.82, 2.24) is 9.80 Å². The maximum absolute atomic E-state index is 12.1. The highest BCUT2D eigenvalue weighted by molar-refractivity contribution is 5.80. The van der Waals surface area contributed by atoms with Crippen LogP contribution < -0.4 is 0 Å². The summed E-state index contributed by atoms with van der Waals surface area (Å²) in [5, 5.41) is 8.79. The molecule has 0 bridgehead atoms. The van der Waals surface area contributed by atoms with E-state index in [4.69, 9.17) is 9.52 Å². The summed E-state index contributed by atoms with van der Waals surface area (Å²) in [6.07, 6.45) is 1.53. The standard InChI is InChI=1S/C12H18N2O4/c1-9(2)14(8-11(15)16)12(17)13(3)7-10-5-4-6-18-10/h4-6,9H,7-8H2,1-3H3,(H,15,16). The van der Waals surface area contributed by atoms with Crippen LogP contribution in [0.2, 0.25) is 0 Å². The summed E-state index contributed by atoms with van der Waals surface area (Å²) >= 11 is 0. The molecule has 6 nitrogen and oxygen atoms in total. The Morgan fingerprint density at radius 2 is 2.11 bits per heavy atom. The van der Waals surface area contributed by atoms with Crippen LogP contribution in [0.15, 0.2) is 22.8 Å². The summed E-state index contributed by atoms with van der Waals surface area (Å²) in [5.74, 6) is -0.367. The number of hydrogen-bond donors (Lipinski definition) is 1. The van der Waals surface area contributed by atoms with Gasteiger partial charge in [0.1, 0.15) is 12.3 Å². The van der Waals surface area contributed by atoms with Crippen LogP contribution >= 0.6 is 0 Å². The Kier molecular flexibility index (Phi) is 4.76. The number of aliphatic carboxylic acids is 1. The smallest absolute Gasteiger partial charge is 0.323 e. The molecule has 1 aromatic heterocycles. The van der Waals surface area contributed by atoms with Gasteiger partial charge in [-0.3, -0.25) is 4.79 Å². The Bertz CT molecular complexity index is 400. The van der Waals surface area contributed by atoms with E-state index in [1.54, 1.807) is 33.0 Å². The zero-order valence-corrected chi connectivity index (χ0v) is 10.8. The van der Waals surface area contributed by atoms with Crippen LogP contribution in [0.3, 0.4) is 0 Å². The zero-order valence-electron chi connectivity index (χ0n) is 10.8. The van der Waals surface area contributed by atoms with E-state index in [1.165, 1.54) is 16.1 Å². The number of carboxylic acids is 1. The van der Waals surface area contributed by atoms with Crippen molar-refractivity contribution in [3.05, 3.63) is 24.2 Å². The first-order chi connectivity index (χ1) is 8.41. The highest BCUT2D eigenvalue weighted by Gasteiger charge is 2.23. The van der Waals surface area contributed by atoms with Crippen LogP contribution in [0, 0.1) is 0 Å². The summed E-state index contributed by atoms with van der Waals surface area (Å²) in [7, 11) is 1.61. The van der Waals surface area contributed by atoms with Gasteiger partial charge in [0.15, 0.2) is 0 Å². The van der Waals surface area contributed by atoms with Gasteiger partial charge < -0.3 is 19.3 Å². The molecular weight excluding hydrogens is 236 g/mol. The largest absolute Gasteiger partial charge is 0.480 e. The van der Waals surface area contributed by atoms with Crippen molar-refractivity contribution in [3.63, 3.8) is 0 Å². The maximum atomic E-state index is 12.1. The maximum Gasteiger partial charge on any atom is 0.323 e. The fraction of sp³-hybridized carbons (Fsp3) is 0.500. The second kappa shape index (κ2) is 6.09. The molecule has 0 aliphatic carbocycles. The molecule has 100 valence electrons. The quantitative estimate of drug-likeness (QED) is 0.866. The zero-order chi connectivity index (χ0) is 13.7. The third-order valence-corrected chi connectivity index (χ3v) is 2.47. The normalized spacial score (nSPS) is 10.4. The van der Waals surface area contributed by atoms with Crippen molar-refractivity contribution in [1.29, 1.82) is 0 Å². The summed E-state index contributed by atoms with van der Waals surface area (Å²) in [4.78, 5) is 25.5. The van der Waals surface area contributed by atoms with E-state index in [2.05, 4.69) is 0 Å². The van der Waals surface area contributed by atoms with Gasteiger partial charge in [-0.05, 0) is 26.0 Å². The average molecular weight is 254 g/mol. The van der Waals surface area contributed by atoms with Crippen molar-refractivity contribution in [2.75, 3.05) is 13.6 Å². The number of urea groups is 1. The molecule has 6 heteroatoms. The molecule has 1 N–H and O–H groups in total. The summed E-state index contributed by atoms with van der Waals surface area (Å²) in [6, 6.07) is 3.00. The SMILES string of the molecule is CC(C)N(CC(=O)O)C(=O)N(C)Cc1ccco1. The van der Waals surface area contributed by atoms with E-state index in [0.29, 0.717) is 12.3 Å². The van der Waals surface area contributed by atoms with Gasteiger partial charge >= 0.3 is 12.0 Å². The van der Waals surface area contributed by atoms with Crippen molar-refractivity contribution < 1.29 is 19.1 Å². The van der Waals surface area contributed by atoms with Crippen LogP contribution in [0.1, 0.15) is 19.6 Å². The monoisotopic (exact) mass is 254 g/mol. The number of carbonyl (C=O) groups is 2. The number of carbonyl (C=O) groups excluding carboxylic acids is 1. The molecule has 0 fully saturated rings. The van der Waals surface area contributed by atoms with Crippen LogP contribution in [0.4, 0.5) is 4.79 Å². The molecular formula is C12H18N2O4. The van der Waals surface area contributed by atoms with Crippen LogP contribution in [-0.2, 0) is 11.3 Å². The second-order valence-corrected chi connectivity index (χ2v) is 4.33. The number of hydrogen-bond acceptors (Lipinski definition) is 3. The third-order valence-electron chi connectivity index (χ3n) is 2.47. The van der Waals surface area contributed by atoms with Crippen molar-refractivity contribution in [2.24, 2.45) is 0 Å². The summed E-state index contributed by atoms with van der Waals surface area (Å²) < 4.78 is 5.15. The first kappa shape index (κ1) is 14.1. The Labute approximate surface area is 106 Å². The fourth-order valence-corrected chi connectivity index (χ4v) is 1.54. The lowest BCUT2D eigenvalue weighted by Gasteiger charge is -2.29. The number of carboxylic acid groups (broad SMARTS) is 1. The molecule has 0 atom stereocenters. The van der Waals surface area contributed by atoms with E-state index >= 15 is 0 Å². The molecule has 0 aliphatic rings. The van der Waals surface area contributed by atoms with Crippen LogP contribution in [0.25, 0.3) is 0 Å². The number of furan rings is 1. The van der Waals surface area contributed by atoms with Gasteiger partial charge in [-0.2, -0.15) is 0 Å². The molecule has 0 aromatic carbocycles. The Hall–Kier alpha value is -1.98. The molecule has 0 unspecified atom stereocenters. The number of amides is 2. The van der Waals surface area contributed by atoms with Gasteiger partial charge in [-0.25, -0.2) is 4.79 Å². The van der Waals surface area contributed by atoms with Gasteiger partial charge in [-0.15, -0.1) is 0 Å². The van der Waals surface area contributed by atoms with E-state index in [1.807, 2.05) is 0 Å². The number of nitrogens with zero attached hydrogens (tertiary/aromatic N) is 2. The molecule has 0 saturated carbocycles. The predicted octanol–water partition coefficient (Wildman–Crippen LogP) is 1.63. The summed E-state index contributed by atoms with van der Waals surface area (Å²) in [6.45, 7) is 3.57. The fourth-order valence-electron chi connectivity index (χ4n) is 1.54. The van der Waals surface area contributed by atoms with E-state index in [0.717, 1.165) is 0 Å². The minimum atomic E-state index is -1.02. The van der Waals surface area contributed by atoms with Crippen molar-refractivity contribution in [2.45, 2.75) is 26.4 Å². The second-order valence-electron chi connectivity index (χ2n) is 4.33. The lowest BCUT2D eigenvalue weighted by molar-refractivity contribution is -0.138. The Morgan fingerprint density at radius 3 is 2.56 bits per heavy atom.